The number of esters is 1. The number of hydrogen-bond donors (Lipinski definition) is 0. The van der Waals surface area contributed by atoms with Crippen LogP contribution in [-0.2, 0) is 29.2 Å². The van der Waals surface area contributed by atoms with Crippen LogP contribution in [0.2, 0.25) is 0 Å². The molecule has 0 spiro atoms. The van der Waals surface area contributed by atoms with E-state index in [9.17, 15) is 22.8 Å². The molecule has 0 fully saturated rings. The number of carbonyl (C=O) groups is 1. The second kappa shape index (κ2) is 12.0. The lowest BCUT2D eigenvalue weighted by Gasteiger charge is -2.22. The van der Waals surface area contributed by atoms with Gasteiger partial charge in [-0.05, 0) is 87.2 Å². The molecule has 4 rings (SSSR count). The van der Waals surface area contributed by atoms with Crippen molar-refractivity contribution in [2.24, 2.45) is 7.05 Å². The van der Waals surface area contributed by atoms with Gasteiger partial charge in [0, 0.05) is 17.9 Å². The van der Waals surface area contributed by atoms with Crippen LogP contribution >= 0.6 is 11.8 Å². The number of thioether (sulfide) groups is 1. The standard InChI is InChI=1S/C31H32F3N3O3S/c1-6-40-28(38)30(3,4)41-25-17-12-22(20(2)18-25)19-26(21-10-8-7-9-11-21)27-35-37(29(39)36(27)5)24-15-13-23(14-16-24)31(32,33)34/h7-18,26H,6,19H2,1-5H3. The predicted octanol–water partition coefficient (Wildman–Crippen LogP) is 6.71. The molecule has 0 aliphatic carbocycles. The number of aryl methyl sites for hydroxylation is 1. The summed E-state index contributed by atoms with van der Waals surface area (Å²) in [5, 5.41) is 4.61. The van der Waals surface area contributed by atoms with Gasteiger partial charge in [-0.1, -0.05) is 36.4 Å². The van der Waals surface area contributed by atoms with Gasteiger partial charge in [0.2, 0.25) is 0 Å². The van der Waals surface area contributed by atoms with Crippen molar-refractivity contribution in [3.05, 3.63) is 111 Å². The monoisotopic (exact) mass is 583 g/mol. The van der Waals surface area contributed by atoms with Crippen LogP contribution in [0.3, 0.4) is 0 Å². The van der Waals surface area contributed by atoms with Crippen molar-refractivity contribution in [3.63, 3.8) is 0 Å². The highest BCUT2D eigenvalue weighted by molar-refractivity contribution is 8.01. The summed E-state index contributed by atoms with van der Waals surface area (Å²) >= 11 is 1.43. The molecule has 0 N–H and O–H groups in total. The zero-order chi connectivity index (χ0) is 29.9. The van der Waals surface area contributed by atoms with Gasteiger partial charge in [0.25, 0.3) is 0 Å². The molecule has 0 aliphatic heterocycles. The zero-order valence-corrected chi connectivity index (χ0v) is 24.3. The van der Waals surface area contributed by atoms with Gasteiger partial charge < -0.3 is 4.74 Å². The van der Waals surface area contributed by atoms with Crippen molar-refractivity contribution >= 4 is 17.7 Å². The fourth-order valence-electron chi connectivity index (χ4n) is 4.58. The lowest BCUT2D eigenvalue weighted by Crippen LogP contribution is -2.29. The number of nitrogens with zero attached hydrogens (tertiary/aromatic N) is 3. The fourth-order valence-corrected chi connectivity index (χ4v) is 5.68. The number of rotatable bonds is 9. The molecule has 0 saturated heterocycles. The summed E-state index contributed by atoms with van der Waals surface area (Å²) in [6.45, 7) is 7.76. The minimum absolute atomic E-state index is 0.249. The van der Waals surface area contributed by atoms with E-state index in [0.29, 0.717) is 18.9 Å². The van der Waals surface area contributed by atoms with Gasteiger partial charge in [0.1, 0.15) is 10.6 Å². The summed E-state index contributed by atoms with van der Waals surface area (Å²) in [4.78, 5) is 26.5. The predicted molar refractivity (Wildman–Crippen MR) is 154 cm³/mol. The highest BCUT2D eigenvalue weighted by Gasteiger charge is 2.32. The maximum Gasteiger partial charge on any atom is 0.416 e. The van der Waals surface area contributed by atoms with Gasteiger partial charge in [-0.15, -0.1) is 16.9 Å². The van der Waals surface area contributed by atoms with Crippen LogP contribution in [0.1, 0.15) is 54.8 Å². The molecule has 6 nitrogen and oxygen atoms in total. The number of carbonyl (C=O) groups excluding carboxylic acids is 1. The summed E-state index contributed by atoms with van der Waals surface area (Å²) in [5.41, 5.74) is 2.00. The Balaban J connectivity index is 1.69. The Morgan fingerprint density at radius 3 is 2.27 bits per heavy atom. The van der Waals surface area contributed by atoms with Crippen LogP contribution in [0.15, 0.2) is 82.5 Å². The minimum atomic E-state index is -4.47. The Kier molecular flexibility index (Phi) is 8.82. The number of aromatic nitrogens is 3. The molecular formula is C31H32F3N3O3S. The van der Waals surface area contributed by atoms with E-state index in [-0.39, 0.29) is 17.6 Å². The molecule has 10 heteroatoms. The van der Waals surface area contributed by atoms with Crippen LogP contribution in [0.5, 0.6) is 0 Å². The lowest BCUT2D eigenvalue weighted by atomic mass is 9.89. The highest BCUT2D eigenvalue weighted by atomic mass is 32.2. The molecule has 1 unspecified atom stereocenters. The fraction of sp³-hybridized carbons (Fsp3) is 0.323. The smallest absolute Gasteiger partial charge is 0.416 e. The normalized spacial score (nSPS) is 12.8. The van der Waals surface area contributed by atoms with Gasteiger partial charge >= 0.3 is 17.8 Å². The largest absolute Gasteiger partial charge is 0.465 e. The Hall–Kier alpha value is -3.79. The molecule has 1 aromatic heterocycles. The first-order valence-corrected chi connectivity index (χ1v) is 14.0. The maximum absolute atomic E-state index is 13.2. The molecule has 0 saturated carbocycles. The Morgan fingerprint density at radius 1 is 1.02 bits per heavy atom. The Labute approximate surface area is 241 Å². The van der Waals surface area contributed by atoms with E-state index in [1.165, 1.54) is 28.5 Å². The van der Waals surface area contributed by atoms with Gasteiger partial charge in [-0.2, -0.15) is 17.9 Å². The number of alkyl halides is 3. The van der Waals surface area contributed by atoms with Crippen molar-refractivity contribution in [2.75, 3.05) is 6.61 Å². The highest BCUT2D eigenvalue weighted by Crippen LogP contribution is 2.36. The minimum Gasteiger partial charge on any atom is -0.465 e. The summed E-state index contributed by atoms with van der Waals surface area (Å²) in [6, 6.07) is 20.1. The molecule has 4 aromatic rings. The summed E-state index contributed by atoms with van der Waals surface area (Å²) in [5.74, 6) is -0.0967. The number of halogens is 3. The maximum atomic E-state index is 13.2. The van der Waals surface area contributed by atoms with E-state index in [0.717, 1.165) is 38.4 Å². The molecule has 41 heavy (non-hydrogen) atoms. The van der Waals surface area contributed by atoms with Gasteiger partial charge in [-0.25, -0.2) is 4.79 Å². The second-order valence-corrected chi connectivity index (χ2v) is 11.9. The van der Waals surface area contributed by atoms with Gasteiger partial charge in [0.05, 0.1) is 17.9 Å². The van der Waals surface area contributed by atoms with Gasteiger partial charge in [0.15, 0.2) is 0 Å². The third-order valence-electron chi connectivity index (χ3n) is 6.85. The first kappa shape index (κ1) is 30.2. The summed E-state index contributed by atoms with van der Waals surface area (Å²) in [7, 11) is 1.62. The number of benzene rings is 3. The van der Waals surface area contributed by atoms with Crippen molar-refractivity contribution < 1.29 is 22.7 Å². The third-order valence-corrected chi connectivity index (χ3v) is 8.01. The Morgan fingerprint density at radius 2 is 1.68 bits per heavy atom. The molecule has 0 aliphatic rings. The summed E-state index contributed by atoms with van der Waals surface area (Å²) < 4.78 is 46.2. The molecule has 0 amide bonds. The van der Waals surface area contributed by atoms with E-state index in [1.54, 1.807) is 14.0 Å². The molecule has 216 valence electrons. The molecule has 0 bridgehead atoms. The average Bonchev–Trinajstić information content (AvgIpc) is 3.22. The first-order valence-electron chi connectivity index (χ1n) is 13.2. The first-order chi connectivity index (χ1) is 19.3. The number of ether oxygens (including phenoxy) is 1. The quantitative estimate of drug-likeness (QED) is 0.162. The molecule has 0 radical (unpaired) electrons. The van der Waals surface area contributed by atoms with Crippen molar-refractivity contribution in [2.45, 2.75) is 55.9 Å². The van der Waals surface area contributed by atoms with E-state index in [4.69, 9.17) is 4.74 Å². The lowest BCUT2D eigenvalue weighted by molar-refractivity contribution is -0.145. The van der Waals surface area contributed by atoms with Crippen LogP contribution in [0.4, 0.5) is 13.2 Å². The van der Waals surface area contributed by atoms with Crippen molar-refractivity contribution in [3.8, 4) is 5.69 Å². The van der Waals surface area contributed by atoms with Crippen LogP contribution in [0.25, 0.3) is 5.69 Å². The second-order valence-electron chi connectivity index (χ2n) is 10.2. The van der Waals surface area contributed by atoms with Crippen molar-refractivity contribution in [1.29, 1.82) is 0 Å². The Bertz CT molecular complexity index is 1580. The van der Waals surface area contributed by atoms with E-state index in [2.05, 4.69) is 5.10 Å². The van der Waals surface area contributed by atoms with Crippen molar-refractivity contribution in [1.82, 2.24) is 14.3 Å². The topological polar surface area (TPSA) is 66.1 Å². The molecule has 1 atom stereocenters. The average molecular weight is 584 g/mol. The molecule has 3 aromatic carbocycles. The molecule has 1 heterocycles. The van der Waals surface area contributed by atoms with Crippen LogP contribution < -0.4 is 5.69 Å². The van der Waals surface area contributed by atoms with Crippen LogP contribution in [0, 0.1) is 6.92 Å². The van der Waals surface area contributed by atoms with E-state index >= 15 is 0 Å². The summed E-state index contributed by atoms with van der Waals surface area (Å²) in [6.07, 6.45) is -3.95. The third kappa shape index (κ3) is 6.75. The van der Waals surface area contributed by atoms with Gasteiger partial charge in [-0.3, -0.25) is 9.36 Å². The van der Waals surface area contributed by atoms with Crippen LogP contribution in [-0.4, -0.2) is 31.7 Å². The van der Waals surface area contributed by atoms with E-state index in [1.807, 2.05) is 69.3 Å². The SMILES string of the molecule is CCOC(=O)C(C)(C)Sc1ccc(CC(c2ccccc2)c2nn(-c3ccc(C(F)(F)F)cc3)c(=O)n2C)c(C)c1. The molecular weight excluding hydrogens is 551 g/mol. The van der Waals surface area contributed by atoms with E-state index < -0.39 is 22.2 Å². The zero-order valence-electron chi connectivity index (χ0n) is 23.5. The number of hydrogen-bond acceptors (Lipinski definition) is 5.